The minimum absolute atomic E-state index is 0.0217. The third kappa shape index (κ3) is 3.20. The number of aromatic nitrogens is 2. The van der Waals surface area contributed by atoms with Crippen LogP contribution in [-0.4, -0.2) is 46.4 Å². The Hall–Kier alpha value is -1.44. The molecule has 0 aliphatic carbocycles. The zero-order valence-corrected chi connectivity index (χ0v) is 15.1. The predicted molar refractivity (Wildman–Crippen MR) is 93.3 cm³/mol. The summed E-state index contributed by atoms with van der Waals surface area (Å²) in [7, 11) is 0. The van der Waals surface area contributed by atoms with Gasteiger partial charge in [-0.05, 0) is 33.2 Å². The van der Waals surface area contributed by atoms with Gasteiger partial charge in [0.25, 0.3) is 0 Å². The first-order chi connectivity index (χ1) is 11.6. The summed E-state index contributed by atoms with van der Waals surface area (Å²) in [6.07, 6.45) is 5.20. The molecular weight excluding hydrogens is 324 g/mol. The SMILES string of the molecule is Cc1noc(C)c1CN1CCCC2(CC(Nc3nccs3)CO2)C1. The highest BCUT2D eigenvalue weighted by Crippen LogP contribution is 2.36. The van der Waals surface area contributed by atoms with Crippen LogP contribution in [0.4, 0.5) is 5.13 Å². The van der Waals surface area contributed by atoms with Gasteiger partial charge in [0.05, 0.1) is 23.9 Å². The number of ether oxygens (including phenoxy) is 1. The second-order valence-corrected chi connectivity index (χ2v) is 7.89. The van der Waals surface area contributed by atoms with Crippen molar-refractivity contribution in [2.24, 2.45) is 0 Å². The lowest BCUT2D eigenvalue weighted by molar-refractivity contribution is -0.0534. The fourth-order valence-corrected chi connectivity index (χ4v) is 4.57. The predicted octanol–water partition coefficient (Wildman–Crippen LogP) is 2.98. The van der Waals surface area contributed by atoms with Crippen LogP contribution in [0.5, 0.6) is 0 Å². The first-order valence-corrected chi connectivity index (χ1v) is 9.46. The van der Waals surface area contributed by atoms with Crippen molar-refractivity contribution in [2.45, 2.75) is 51.3 Å². The lowest BCUT2D eigenvalue weighted by Crippen LogP contribution is -2.47. The number of rotatable bonds is 4. The monoisotopic (exact) mass is 348 g/mol. The lowest BCUT2D eigenvalue weighted by atomic mass is 9.88. The minimum Gasteiger partial charge on any atom is -0.371 e. The number of likely N-dealkylation sites (tertiary alicyclic amines) is 1. The normalized spacial score (nSPS) is 27.8. The summed E-state index contributed by atoms with van der Waals surface area (Å²) in [6.45, 7) is 7.77. The molecule has 1 spiro atoms. The molecule has 0 aromatic carbocycles. The molecule has 6 nitrogen and oxygen atoms in total. The maximum atomic E-state index is 6.29. The van der Waals surface area contributed by atoms with Crippen LogP contribution in [0.15, 0.2) is 16.1 Å². The summed E-state index contributed by atoms with van der Waals surface area (Å²) in [5.74, 6) is 0.933. The van der Waals surface area contributed by atoms with Gasteiger partial charge < -0.3 is 14.6 Å². The third-order valence-electron chi connectivity index (χ3n) is 5.15. The van der Waals surface area contributed by atoms with E-state index in [0.29, 0.717) is 6.04 Å². The summed E-state index contributed by atoms with van der Waals surface area (Å²) in [5.41, 5.74) is 2.21. The van der Waals surface area contributed by atoms with E-state index >= 15 is 0 Å². The van der Waals surface area contributed by atoms with Gasteiger partial charge in [0.15, 0.2) is 5.13 Å². The van der Waals surface area contributed by atoms with Crippen LogP contribution in [0.3, 0.4) is 0 Å². The molecular formula is C17H24N4O2S. The van der Waals surface area contributed by atoms with Gasteiger partial charge in [0.2, 0.25) is 0 Å². The summed E-state index contributed by atoms with van der Waals surface area (Å²) in [5, 5.41) is 10.6. The van der Waals surface area contributed by atoms with Gasteiger partial charge in [0, 0.05) is 36.7 Å². The summed E-state index contributed by atoms with van der Waals surface area (Å²) >= 11 is 1.65. The van der Waals surface area contributed by atoms with E-state index in [9.17, 15) is 0 Å². The standard InChI is InChI=1S/C17H24N4O2S/c1-12-15(13(2)23-20-12)9-21-6-3-4-17(11-21)8-14(10-22-17)19-16-18-5-7-24-16/h5,7,14H,3-4,6,8-11H2,1-2H3,(H,18,19). The van der Waals surface area contributed by atoms with Crippen LogP contribution in [0.1, 0.15) is 36.3 Å². The average molecular weight is 348 g/mol. The zero-order valence-electron chi connectivity index (χ0n) is 14.2. The summed E-state index contributed by atoms with van der Waals surface area (Å²) in [6, 6.07) is 0.357. The Balaban J connectivity index is 1.39. The molecule has 2 atom stereocenters. The molecule has 7 heteroatoms. The zero-order chi connectivity index (χ0) is 16.6. The molecule has 0 bridgehead atoms. The molecule has 2 unspecified atom stereocenters. The number of hydrogen-bond donors (Lipinski definition) is 1. The molecule has 24 heavy (non-hydrogen) atoms. The first-order valence-electron chi connectivity index (χ1n) is 8.58. The van der Waals surface area contributed by atoms with Crippen LogP contribution in [0.25, 0.3) is 0 Å². The van der Waals surface area contributed by atoms with E-state index in [1.165, 1.54) is 12.0 Å². The molecule has 4 heterocycles. The van der Waals surface area contributed by atoms with E-state index in [4.69, 9.17) is 9.26 Å². The third-order valence-corrected chi connectivity index (χ3v) is 5.85. The average Bonchev–Trinajstić information content (AvgIpc) is 3.27. The van der Waals surface area contributed by atoms with E-state index in [0.717, 1.165) is 55.7 Å². The Morgan fingerprint density at radius 1 is 1.46 bits per heavy atom. The maximum Gasteiger partial charge on any atom is 0.182 e. The number of anilines is 1. The Morgan fingerprint density at radius 3 is 3.12 bits per heavy atom. The largest absolute Gasteiger partial charge is 0.371 e. The second kappa shape index (κ2) is 6.46. The van der Waals surface area contributed by atoms with Crippen LogP contribution in [-0.2, 0) is 11.3 Å². The van der Waals surface area contributed by atoms with Gasteiger partial charge in [-0.3, -0.25) is 4.90 Å². The topological polar surface area (TPSA) is 63.4 Å². The molecule has 2 aromatic rings. The molecule has 2 aliphatic heterocycles. The molecule has 130 valence electrons. The van der Waals surface area contributed by atoms with Gasteiger partial charge in [-0.25, -0.2) is 4.98 Å². The molecule has 0 amide bonds. The fourth-order valence-electron chi connectivity index (χ4n) is 3.97. The Kier molecular flexibility index (Phi) is 4.32. The van der Waals surface area contributed by atoms with Crippen molar-refractivity contribution < 1.29 is 9.26 Å². The van der Waals surface area contributed by atoms with Crippen molar-refractivity contribution in [3.63, 3.8) is 0 Å². The minimum atomic E-state index is -0.0217. The Bertz CT molecular complexity index is 667. The molecule has 1 N–H and O–H groups in total. The number of nitrogens with zero attached hydrogens (tertiary/aromatic N) is 3. The highest BCUT2D eigenvalue weighted by atomic mass is 32.1. The van der Waals surface area contributed by atoms with E-state index < -0.39 is 0 Å². The quantitative estimate of drug-likeness (QED) is 0.916. The number of thiazole rings is 1. The smallest absolute Gasteiger partial charge is 0.182 e. The van der Waals surface area contributed by atoms with E-state index in [-0.39, 0.29) is 5.60 Å². The number of piperidine rings is 1. The number of nitrogens with one attached hydrogen (secondary N) is 1. The highest BCUT2D eigenvalue weighted by molar-refractivity contribution is 7.13. The summed E-state index contributed by atoms with van der Waals surface area (Å²) in [4.78, 5) is 6.81. The van der Waals surface area contributed by atoms with Crippen LogP contribution in [0.2, 0.25) is 0 Å². The van der Waals surface area contributed by atoms with Crippen molar-refractivity contribution in [2.75, 3.05) is 25.0 Å². The molecule has 0 radical (unpaired) electrons. The molecule has 2 aliphatic rings. The van der Waals surface area contributed by atoms with Gasteiger partial charge in [-0.1, -0.05) is 5.16 Å². The Labute approximate surface area is 146 Å². The van der Waals surface area contributed by atoms with Gasteiger partial charge in [-0.2, -0.15) is 0 Å². The van der Waals surface area contributed by atoms with Gasteiger partial charge in [0.1, 0.15) is 5.76 Å². The van der Waals surface area contributed by atoms with Crippen molar-refractivity contribution >= 4 is 16.5 Å². The molecule has 2 saturated heterocycles. The lowest BCUT2D eigenvalue weighted by Gasteiger charge is -2.39. The highest BCUT2D eigenvalue weighted by Gasteiger charge is 2.43. The van der Waals surface area contributed by atoms with Gasteiger partial charge >= 0.3 is 0 Å². The molecule has 2 aromatic heterocycles. The number of hydrogen-bond acceptors (Lipinski definition) is 7. The second-order valence-electron chi connectivity index (χ2n) is 6.99. The van der Waals surface area contributed by atoms with Crippen molar-refractivity contribution in [3.8, 4) is 0 Å². The maximum absolute atomic E-state index is 6.29. The van der Waals surface area contributed by atoms with Crippen LogP contribution < -0.4 is 5.32 Å². The van der Waals surface area contributed by atoms with Crippen LogP contribution >= 0.6 is 11.3 Å². The van der Waals surface area contributed by atoms with Crippen LogP contribution in [0, 0.1) is 13.8 Å². The fraction of sp³-hybridized carbons (Fsp3) is 0.647. The van der Waals surface area contributed by atoms with E-state index in [1.54, 1.807) is 11.3 Å². The van der Waals surface area contributed by atoms with Crippen molar-refractivity contribution in [1.82, 2.24) is 15.0 Å². The first kappa shape index (κ1) is 16.1. The summed E-state index contributed by atoms with van der Waals surface area (Å²) < 4.78 is 11.6. The van der Waals surface area contributed by atoms with Gasteiger partial charge in [-0.15, -0.1) is 11.3 Å². The van der Waals surface area contributed by atoms with E-state index in [1.807, 2.05) is 25.4 Å². The van der Waals surface area contributed by atoms with E-state index in [2.05, 4.69) is 20.4 Å². The molecule has 2 fully saturated rings. The molecule has 4 rings (SSSR count). The number of aryl methyl sites for hydroxylation is 2. The Morgan fingerprint density at radius 2 is 2.38 bits per heavy atom. The van der Waals surface area contributed by atoms with Crippen molar-refractivity contribution in [1.29, 1.82) is 0 Å². The molecule has 0 saturated carbocycles. The van der Waals surface area contributed by atoms with Crippen molar-refractivity contribution in [3.05, 3.63) is 28.6 Å².